The number of methoxy groups -OCH3 is 1. The first-order valence-electron chi connectivity index (χ1n) is 9.73. The average molecular weight is 413 g/mol. The largest absolute Gasteiger partial charge is 0.495 e. The molecule has 1 aromatic carbocycles. The molecule has 1 unspecified atom stereocenters. The van der Waals surface area contributed by atoms with Gasteiger partial charge in [0.25, 0.3) is 0 Å². The van der Waals surface area contributed by atoms with Crippen molar-refractivity contribution in [2.24, 2.45) is 0 Å². The average Bonchev–Trinajstić information content (AvgIpc) is 3.12. The van der Waals surface area contributed by atoms with Crippen LogP contribution in [0.3, 0.4) is 0 Å². The number of amides is 1. The molecule has 1 aliphatic rings. The summed E-state index contributed by atoms with van der Waals surface area (Å²) in [5.41, 5.74) is 4.92. The van der Waals surface area contributed by atoms with Gasteiger partial charge in [-0.05, 0) is 37.6 Å². The van der Waals surface area contributed by atoms with Gasteiger partial charge >= 0.3 is 0 Å². The zero-order valence-corrected chi connectivity index (χ0v) is 17.9. The van der Waals surface area contributed by atoms with Gasteiger partial charge in [0.05, 0.1) is 17.8 Å². The minimum absolute atomic E-state index is 0.137. The van der Waals surface area contributed by atoms with E-state index in [2.05, 4.69) is 24.0 Å². The van der Waals surface area contributed by atoms with Crippen LogP contribution in [0.4, 0.5) is 5.69 Å². The van der Waals surface area contributed by atoms with Crippen LogP contribution in [0.25, 0.3) is 16.9 Å². The number of carbonyl (C=O) groups excluding carboxylic acids is 1. The molecule has 0 spiro atoms. The number of halogens is 1. The molecule has 3 aromatic rings. The molecule has 0 saturated carbocycles. The zero-order valence-electron chi connectivity index (χ0n) is 17.1. The van der Waals surface area contributed by atoms with E-state index in [0.29, 0.717) is 10.8 Å². The van der Waals surface area contributed by atoms with Crippen LogP contribution < -0.4 is 9.64 Å². The third-order valence-corrected chi connectivity index (χ3v) is 5.92. The molecule has 152 valence electrons. The van der Waals surface area contributed by atoms with Crippen LogP contribution >= 0.6 is 11.6 Å². The van der Waals surface area contributed by atoms with Crippen molar-refractivity contribution < 1.29 is 9.53 Å². The molecule has 1 amide bonds. The molecular formula is C22H25ClN4O2. The molecule has 6 nitrogen and oxygen atoms in total. The molecule has 1 aliphatic heterocycles. The number of carbonyl (C=O) groups is 1. The van der Waals surface area contributed by atoms with E-state index in [4.69, 9.17) is 21.3 Å². The monoisotopic (exact) mass is 412 g/mol. The number of ether oxygens (including phenoxy) is 1. The van der Waals surface area contributed by atoms with E-state index in [1.54, 1.807) is 14.0 Å². The first-order valence-corrected chi connectivity index (χ1v) is 10.1. The Morgan fingerprint density at radius 3 is 2.76 bits per heavy atom. The van der Waals surface area contributed by atoms with Gasteiger partial charge in [0, 0.05) is 62.3 Å². The Hall–Kier alpha value is -2.73. The number of hydrogen-bond acceptors (Lipinski definition) is 4. The molecule has 0 bridgehead atoms. The fourth-order valence-corrected chi connectivity index (χ4v) is 4.23. The van der Waals surface area contributed by atoms with Crippen LogP contribution in [-0.2, 0) is 4.79 Å². The van der Waals surface area contributed by atoms with E-state index in [0.717, 1.165) is 47.8 Å². The minimum Gasteiger partial charge on any atom is -0.495 e. The number of aromatic nitrogens is 2. The number of benzene rings is 1. The summed E-state index contributed by atoms with van der Waals surface area (Å²) in [5.74, 6) is 0.802. The van der Waals surface area contributed by atoms with Crippen molar-refractivity contribution in [1.29, 1.82) is 0 Å². The molecule has 1 fully saturated rings. The summed E-state index contributed by atoms with van der Waals surface area (Å²) in [6.45, 7) is 8.11. The van der Waals surface area contributed by atoms with E-state index in [-0.39, 0.29) is 11.9 Å². The summed E-state index contributed by atoms with van der Waals surface area (Å²) >= 11 is 6.33. The Kier molecular flexibility index (Phi) is 5.13. The first kappa shape index (κ1) is 19.6. The lowest BCUT2D eigenvalue weighted by Crippen LogP contribution is -2.53. The quantitative estimate of drug-likeness (QED) is 0.651. The van der Waals surface area contributed by atoms with Crippen molar-refractivity contribution in [3.05, 3.63) is 47.2 Å². The van der Waals surface area contributed by atoms with Crippen molar-refractivity contribution in [3.8, 4) is 17.0 Å². The van der Waals surface area contributed by atoms with Crippen molar-refractivity contribution in [1.82, 2.24) is 14.3 Å². The van der Waals surface area contributed by atoms with Crippen LogP contribution in [0.1, 0.15) is 19.4 Å². The van der Waals surface area contributed by atoms with Crippen LogP contribution in [0.2, 0.25) is 5.02 Å². The molecule has 1 saturated heterocycles. The first-order chi connectivity index (χ1) is 13.9. The second kappa shape index (κ2) is 7.59. The van der Waals surface area contributed by atoms with Gasteiger partial charge < -0.3 is 18.9 Å². The molecule has 4 rings (SSSR count). The normalized spacial score (nSPS) is 17.1. The highest BCUT2D eigenvalue weighted by Crippen LogP contribution is 2.33. The number of hydrogen-bond donors (Lipinski definition) is 0. The fourth-order valence-electron chi connectivity index (χ4n) is 3.99. The molecule has 0 N–H and O–H groups in total. The van der Waals surface area contributed by atoms with Crippen LogP contribution in [0, 0.1) is 6.92 Å². The third kappa shape index (κ3) is 3.65. The number of imidazole rings is 1. The highest BCUT2D eigenvalue weighted by molar-refractivity contribution is 6.32. The van der Waals surface area contributed by atoms with Gasteiger partial charge in [0.1, 0.15) is 11.4 Å². The molecular weight excluding hydrogens is 388 g/mol. The SMILES string of the molecule is COc1cc(C)c(-c2cn3ccc(N4CCN(C(C)=O)CC4C)cc3n2)cc1Cl. The topological polar surface area (TPSA) is 50.1 Å². The Labute approximate surface area is 175 Å². The van der Waals surface area contributed by atoms with Crippen LogP contribution in [0.5, 0.6) is 5.75 Å². The van der Waals surface area contributed by atoms with Gasteiger partial charge in [-0.15, -0.1) is 0 Å². The van der Waals surface area contributed by atoms with Crippen LogP contribution in [-0.4, -0.2) is 53.0 Å². The Morgan fingerprint density at radius 2 is 2.07 bits per heavy atom. The lowest BCUT2D eigenvalue weighted by atomic mass is 10.1. The number of pyridine rings is 1. The maximum Gasteiger partial charge on any atom is 0.219 e. The van der Waals surface area contributed by atoms with E-state index in [1.807, 2.05) is 40.8 Å². The standard InChI is InChI=1S/C22H25ClN4O2/c1-14-9-21(29-4)19(23)11-18(14)20-13-26-6-5-17(10-22(26)24-20)27-8-7-25(16(3)28)12-15(27)2/h5-6,9-11,13,15H,7-8,12H2,1-4H3. The predicted molar refractivity (Wildman–Crippen MR) is 116 cm³/mol. The summed E-state index contributed by atoms with van der Waals surface area (Å²) in [6.07, 6.45) is 4.05. The van der Waals surface area contributed by atoms with Crippen LogP contribution in [0.15, 0.2) is 36.7 Å². The summed E-state index contributed by atoms with van der Waals surface area (Å²) in [5, 5.41) is 0.572. The minimum atomic E-state index is 0.137. The predicted octanol–water partition coefficient (Wildman–Crippen LogP) is 4.03. The lowest BCUT2D eigenvalue weighted by Gasteiger charge is -2.41. The summed E-state index contributed by atoms with van der Waals surface area (Å²) in [7, 11) is 1.62. The van der Waals surface area contributed by atoms with Gasteiger partial charge in [-0.3, -0.25) is 4.79 Å². The number of nitrogens with zero attached hydrogens (tertiary/aromatic N) is 4. The number of piperazine rings is 1. The van der Waals surface area contributed by atoms with E-state index >= 15 is 0 Å². The molecule has 0 aliphatic carbocycles. The Balaban J connectivity index is 1.65. The van der Waals surface area contributed by atoms with E-state index in [9.17, 15) is 4.79 Å². The molecule has 7 heteroatoms. The number of fused-ring (bicyclic) bond motifs is 1. The maximum atomic E-state index is 11.7. The van der Waals surface area contributed by atoms with Crippen molar-refractivity contribution in [2.75, 3.05) is 31.6 Å². The number of anilines is 1. The van der Waals surface area contributed by atoms with E-state index < -0.39 is 0 Å². The van der Waals surface area contributed by atoms with Gasteiger partial charge in [-0.1, -0.05) is 11.6 Å². The molecule has 3 heterocycles. The Morgan fingerprint density at radius 1 is 1.28 bits per heavy atom. The van der Waals surface area contributed by atoms with Crippen molar-refractivity contribution in [3.63, 3.8) is 0 Å². The summed E-state index contributed by atoms with van der Waals surface area (Å²) < 4.78 is 7.32. The second-order valence-corrected chi connectivity index (χ2v) is 7.99. The summed E-state index contributed by atoms with van der Waals surface area (Å²) in [4.78, 5) is 20.7. The highest BCUT2D eigenvalue weighted by Gasteiger charge is 2.25. The third-order valence-electron chi connectivity index (χ3n) is 5.62. The van der Waals surface area contributed by atoms with E-state index in [1.165, 1.54) is 0 Å². The zero-order chi connectivity index (χ0) is 20.7. The smallest absolute Gasteiger partial charge is 0.219 e. The lowest BCUT2D eigenvalue weighted by molar-refractivity contribution is -0.129. The van der Waals surface area contributed by atoms with Gasteiger partial charge in [-0.25, -0.2) is 4.98 Å². The van der Waals surface area contributed by atoms with Crippen molar-refractivity contribution >= 4 is 28.8 Å². The number of aryl methyl sites for hydroxylation is 1. The number of rotatable bonds is 3. The molecule has 29 heavy (non-hydrogen) atoms. The highest BCUT2D eigenvalue weighted by atomic mass is 35.5. The fraction of sp³-hybridized carbons (Fsp3) is 0.364. The maximum absolute atomic E-state index is 11.7. The van der Waals surface area contributed by atoms with Gasteiger partial charge in [0.15, 0.2) is 0 Å². The van der Waals surface area contributed by atoms with Gasteiger partial charge in [0.2, 0.25) is 5.91 Å². The molecule has 2 aromatic heterocycles. The van der Waals surface area contributed by atoms with Gasteiger partial charge in [-0.2, -0.15) is 0 Å². The Bertz CT molecular complexity index is 1080. The second-order valence-electron chi connectivity index (χ2n) is 7.59. The molecule has 1 atom stereocenters. The summed E-state index contributed by atoms with van der Waals surface area (Å²) in [6, 6.07) is 8.30. The molecule has 0 radical (unpaired) electrons. The van der Waals surface area contributed by atoms with Crippen molar-refractivity contribution in [2.45, 2.75) is 26.8 Å².